The maximum atomic E-state index is 10.5. The van der Waals surface area contributed by atoms with Gasteiger partial charge in [-0.2, -0.15) is 6.42 Å². The van der Waals surface area contributed by atoms with Crippen molar-refractivity contribution in [1.29, 1.82) is 0 Å². The lowest BCUT2D eigenvalue weighted by Gasteiger charge is -1.76. The van der Waals surface area contributed by atoms with Gasteiger partial charge in [-0.15, -0.1) is 12.8 Å². The van der Waals surface area contributed by atoms with Gasteiger partial charge in [0.15, 0.2) is 0 Å². The van der Waals surface area contributed by atoms with Crippen LogP contribution in [0.25, 0.3) is 0 Å². The lowest BCUT2D eigenvalue weighted by molar-refractivity contribution is -0.112. The Morgan fingerprint density at radius 2 is 1.50 bits per heavy atom. The zero-order chi connectivity index (χ0) is 11.6. The molecule has 0 atom stereocenters. The molecule has 1 aliphatic rings. The first-order valence-corrected chi connectivity index (χ1v) is 4.44. The maximum absolute atomic E-state index is 10.5. The van der Waals surface area contributed by atoms with Crippen LogP contribution in [0.4, 0.5) is 0 Å². The number of nitrogens with zero attached hydrogens (tertiary/aromatic N) is 1. The van der Waals surface area contributed by atoms with E-state index in [1.165, 1.54) is 4.90 Å². The van der Waals surface area contributed by atoms with Gasteiger partial charge in [0.2, 0.25) is 0 Å². The Kier molecular flexibility index (Phi) is 4.61. The molecule has 1 saturated heterocycles. The molecule has 16 heavy (non-hydrogen) atoms. The molecule has 74 valence electrons. The number of amides is 1. The summed E-state index contributed by atoms with van der Waals surface area (Å²) in [4.78, 5) is 11.9. The summed E-state index contributed by atoms with van der Waals surface area (Å²) >= 11 is 0. The molecule has 0 aromatic carbocycles. The highest BCUT2D eigenvalue weighted by Crippen LogP contribution is 2.01. The molecule has 0 spiro atoms. The van der Waals surface area contributed by atoms with Crippen LogP contribution in [-0.4, -0.2) is 17.4 Å². The third-order valence-corrected chi connectivity index (χ3v) is 1.34. The molecule has 0 N–H and O–H groups in total. The summed E-state index contributed by atoms with van der Waals surface area (Å²) in [5, 5.41) is 0. The van der Waals surface area contributed by atoms with Crippen LogP contribution in [0.3, 0.4) is 0 Å². The molecule has 0 aromatic rings. The van der Waals surface area contributed by atoms with E-state index in [2.05, 4.69) is 59.3 Å². The molecular formula is C14H6NO-. The van der Waals surface area contributed by atoms with Crippen molar-refractivity contribution in [1.82, 2.24) is 4.90 Å². The van der Waals surface area contributed by atoms with Crippen LogP contribution in [0.2, 0.25) is 0 Å². The van der Waals surface area contributed by atoms with Crippen LogP contribution in [0, 0.1) is 65.7 Å². The number of rotatable bonds is 0. The van der Waals surface area contributed by atoms with Gasteiger partial charge in [0.1, 0.15) is 6.54 Å². The van der Waals surface area contributed by atoms with E-state index >= 15 is 0 Å². The smallest absolute Gasteiger partial charge is 0.255 e. The van der Waals surface area contributed by atoms with Crippen molar-refractivity contribution in [3.63, 3.8) is 0 Å². The highest BCUT2D eigenvalue weighted by molar-refractivity contribution is 5.94. The van der Waals surface area contributed by atoms with Gasteiger partial charge in [-0.1, -0.05) is 0 Å². The summed E-state index contributed by atoms with van der Waals surface area (Å²) in [5.74, 6) is 22.8. The highest BCUT2D eigenvalue weighted by atomic mass is 16.2. The molecule has 1 aliphatic heterocycles. The molecule has 2 nitrogen and oxygen atoms in total. The first-order valence-electron chi connectivity index (χ1n) is 4.44. The molecular weight excluding hydrogens is 198 g/mol. The van der Waals surface area contributed by atoms with Crippen LogP contribution >= 0.6 is 0 Å². The monoisotopic (exact) mass is 204 g/mol. The zero-order valence-electron chi connectivity index (χ0n) is 8.64. The predicted molar refractivity (Wildman–Crippen MR) is 60.6 cm³/mol. The van der Waals surface area contributed by atoms with Gasteiger partial charge in [0.25, 0.3) is 5.91 Å². The second-order valence-corrected chi connectivity index (χ2v) is 2.52. The number of carbonyl (C=O) groups excluding carboxylic acids is 1. The van der Waals surface area contributed by atoms with Crippen LogP contribution in [-0.2, 0) is 4.79 Å². The lowest BCUT2D eigenvalue weighted by Crippen LogP contribution is -1.82. The van der Waals surface area contributed by atoms with Crippen molar-refractivity contribution in [2.24, 2.45) is 0 Å². The first-order chi connectivity index (χ1) is 7.84. The van der Waals surface area contributed by atoms with E-state index in [1.54, 1.807) is 6.42 Å². The fraction of sp³-hybridized carbons (Fsp3) is 0.143. The van der Waals surface area contributed by atoms with Gasteiger partial charge in [0.05, 0.1) is 0 Å². The molecule has 1 fully saturated rings. The molecule has 0 radical (unpaired) electrons. The molecule has 1 rings (SSSR count). The van der Waals surface area contributed by atoms with E-state index in [4.69, 9.17) is 0 Å². The summed E-state index contributed by atoms with van der Waals surface area (Å²) in [5.41, 5.74) is 0. The van der Waals surface area contributed by atoms with Gasteiger partial charge in [-0.3, -0.25) is 15.6 Å². The fourth-order valence-corrected chi connectivity index (χ4v) is 0.593. The third kappa shape index (κ3) is 5.00. The Morgan fingerprint density at radius 1 is 1.00 bits per heavy atom. The Balaban J connectivity index is 2.35. The molecule has 2 heteroatoms. The average molecular weight is 204 g/mol. The zero-order valence-corrected chi connectivity index (χ0v) is 8.64. The molecule has 0 aromatic heterocycles. The molecule has 0 saturated carbocycles. The minimum Gasteiger partial charge on any atom is -0.281 e. The summed E-state index contributed by atoms with van der Waals surface area (Å²) < 4.78 is 0. The van der Waals surface area contributed by atoms with E-state index in [9.17, 15) is 4.79 Å². The average Bonchev–Trinajstić information content (AvgIpc) is 2.97. The summed E-state index contributed by atoms with van der Waals surface area (Å²) in [6, 6.07) is 2.56. The maximum Gasteiger partial charge on any atom is 0.255 e. The lowest BCUT2D eigenvalue weighted by atomic mass is 10.4. The largest absolute Gasteiger partial charge is 0.281 e. The standard InChI is InChI=1S/C14H6NO/c1-2-3-4-5-6-7-8-9-10-11-12-15-13-14(15)16/h2H,13H2,1H3/q-1. The van der Waals surface area contributed by atoms with E-state index in [-0.39, 0.29) is 5.91 Å². The minimum absolute atomic E-state index is 0.0255. The van der Waals surface area contributed by atoms with Crippen molar-refractivity contribution in [2.45, 2.75) is 6.92 Å². The molecule has 1 amide bonds. The first kappa shape index (κ1) is 11.2. The van der Waals surface area contributed by atoms with Crippen LogP contribution in [0.5, 0.6) is 0 Å². The summed E-state index contributed by atoms with van der Waals surface area (Å²) in [6.07, 6.45) is 1.70. The highest BCUT2D eigenvalue weighted by Gasteiger charge is 2.27. The summed E-state index contributed by atoms with van der Waals surface area (Å²) in [6.45, 7) is 2.23. The fourth-order valence-electron chi connectivity index (χ4n) is 0.593. The Bertz CT molecular complexity index is 586. The number of hydrogen-bond acceptors (Lipinski definition) is 1. The molecule has 1 heterocycles. The van der Waals surface area contributed by atoms with Crippen molar-refractivity contribution in [2.75, 3.05) is 6.54 Å². The van der Waals surface area contributed by atoms with E-state index in [0.717, 1.165) is 0 Å². The van der Waals surface area contributed by atoms with E-state index < -0.39 is 0 Å². The second-order valence-electron chi connectivity index (χ2n) is 2.52. The molecule has 0 aliphatic carbocycles. The van der Waals surface area contributed by atoms with Crippen LogP contribution in [0.1, 0.15) is 6.92 Å². The van der Waals surface area contributed by atoms with Gasteiger partial charge in [0, 0.05) is 23.8 Å². The van der Waals surface area contributed by atoms with E-state index in [0.29, 0.717) is 6.54 Å². The van der Waals surface area contributed by atoms with Gasteiger partial charge in [-0.05, 0) is 17.8 Å². The topological polar surface area (TPSA) is 20.1 Å². The summed E-state index contributed by atoms with van der Waals surface area (Å²) in [7, 11) is 0. The van der Waals surface area contributed by atoms with Gasteiger partial charge in [-0.25, -0.2) is 5.92 Å². The predicted octanol–water partition coefficient (Wildman–Crippen LogP) is 0.0273. The second kappa shape index (κ2) is 6.57. The van der Waals surface area contributed by atoms with Crippen molar-refractivity contribution < 1.29 is 4.79 Å². The van der Waals surface area contributed by atoms with Crippen molar-refractivity contribution >= 4 is 5.91 Å². The quantitative estimate of drug-likeness (QED) is 0.309. The minimum atomic E-state index is 0.0255. The molecule has 0 bridgehead atoms. The Morgan fingerprint density at radius 3 is 2.00 bits per heavy atom. The van der Waals surface area contributed by atoms with Crippen molar-refractivity contribution in [3.05, 3.63) is 6.42 Å². The number of hydrogen-bond donors (Lipinski definition) is 0. The SMILES string of the molecule is C[CH-]C#CC#CC#CC#CC#CN1CC1=O. The Hall–Kier alpha value is -2.86. The molecule has 0 unspecified atom stereocenters. The van der Waals surface area contributed by atoms with Crippen LogP contribution in [0.15, 0.2) is 0 Å². The van der Waals surface area contributed by atoms with E-state index in [1.807, 2.05) is 6.92 Å². The Labute approximate surface area is 95.4 Å². The van der Waals surface area contributed by atoms with Crippen molar-refractivity contribution in [3.8, 4) is 59.3 Å². The normalized spacial score (nSPS) is 9.31. The number of carbonyl (C=O) groups is 1. The third-order valence-electron chi connectivity index (χ3n) is 1.34. The van der Waals surface area contributed by atoms with Gasteiger partial charge >= 0.3 is 0 Å². The van der Waals surface area contributed by atoms with Crippen LogP contribution < -0.4 is 0 Å². The van der Waals surface area contributed by atoms with Gasteiger partial charge < -0.3 is 0 Å².